The van der Waals surface area contributed by atoms with Crippen LogP contribution in [-0.4, -0.2) is 18.2 Å². The Kier molecular flexibility index (Phi) is 3.74. The van der Waals surface area contributed by atoms with Gasteiger partial charge in [0.25, 0.3) is 0 Å². The number of hydrogen-bond donors (Lipinski definition) is 1. The fourth-order valence-corrected chi connectivity index (χ4v) is 2.26. The zero-order valence-electron chi connectivity index (χ0n) is 11.5. The van der Waals surface area contributed by atoms with Gasteiger partial charge in [-0.3, -0.25) is 0 Å². The first kappa shape index (κ1) is 14.1. The summed E-state index contributed by atoms with van der Waals surface area (Å²) in [7, 11) is 1.50. The number of methoxy groups -OCH3 is 1. The molecule has 2 rings (SSSR count). The molecule has 0 aliphatic carbocycles. The first-order chi connectivity index (χ1) is 9.43. The molecule has 0 fully saturated rings. The Bertz CT molecular complexity index is 678. The average Bonchev–Trinajstić information content (AvgIpc) is 2.38. The number of rotatable bonds is 3. The van der Waals surface area contributed by atoms with E-state index in [1.54, 1.807) is 19.1 Å². The van der Waals surface area contributed by atoms with E-state index >= 15 is 0 Å². The van der Waals surface area contributed by atoms with E-state index in [4.69, 9.17) is 4.74 Å². The molecule has 0 bridgehead atoms. The van der Waals surface area contributed by atoms with E-state index in [-0.39, 0.29) is 5.56 Å². The molecule has 0 heterocycles. The van der Waals surface area contributed by atoms with Crippen LogP contribution in [0.4, 0.5) is 4.39 Å². The summed E-state index contributed by atoms with van der Waals surface area (Å²) in [5.74, 6) is -0.883. The Morgan fingerprint density at radius 3 is 2.40 bits per heavy atom. The van der Waals surface area contributed by atoms with Crippen molar-refractivity contribution in [3.63, 3.8) is 0 Å². The molecule has 3 nitrogen and oxygen atoms in total. The highest BCUT2D eigenvalue weighted by molar-refractivity contribution is 5.92. The van der Waals surface area contributed by atoms with Crippen molar-refractivity contribution in [1.82, 2.24) is 0 Å². The molecule has 1 N–H and O–H groups in total. The molecule has 0 atom stereocenters. The van der Waals surface area contributed by atoms with Crippen molar-refractivity contribution in [3.05, 3.63) is 52.8 Å². The van der Waals surface area contributed by atoms with Gasteiger partial charge in [0, 0.05) is 5.56 Å². The predicted octanol–water partition coefficient (Wildman–Crippen LogP) is 3.82. The molecule has 2 aromatic rings. The van der Waals surface area contributed by atoms with Gasteiger partial charge >= 0.3 is 5.97 Å². The Morgan fingerprint density at radius 2 is 1.80 bits per heavy atom. The molecule has 4 heteroatoms. The van der Waals surface area contributed by atoms with Gasteiger partial charge in [0.15, 0.2) is 0 Å². The molecule has 0 amide bonds. The van der Waals surface area contributed by atoms with Crippen LogP contribution in [0.3, 0.4) is 0 Å². The quantitative estimate of drug-likeness (QED) is 0.925. The molecule has 0 aliphatic heterocycles. The summed E-state index contributed by atoms with van der Waals surface area (Å²) in [6, 6.07) is 7.53. The molecular formula is C16H15FO3. The smallest absolute Gasteiger partial charge is 0.335 e. The van der Waals surface area contributed by atoms with Crippen LogP contribution in [0.5, 0.6) is 5.75 Å². The zero-order valence-corrected chi connectivity index (χ0v) is 11.5. The molecule has 0 aromatic heterocycles. The number of ether oxygens (including phenoxy) is 1. The van der Waals surface area contributed by atoms with Crippen molar-refractivity contribution in [3.8, 4) is 16.9 Å². The minimum atomic E-state index is -1.00. The van der Waals surface area contributed by atoms with E-state index in [9.17, 15) is 14.3 Å². The van der Waals surface area contributed by atoms with Gasteiger partial charge in [-0.1, -0.05) is 6.07 Å². The van der Waals surface area contributed by atoms with Gasteiger partial charge in [-0.15, -0.1) is 0 Å². The highest BCUT2D eigenvalue weighted by Crippen LogP contribution is 2.34. The lowest BCUT2D eigenvalue weighted by Gasteiger charge is -2.13. The van der Waals surface area contributed by atoms with Gasteiger partial charge in [0.2, 0.25) is 0 Å². The van der Waals surface area contributed by atoms with E-state index in [0.717, 1.165) is 5.56 Å². The molecule has 0 radical (unpaired) electrons. The van der Waals surface area contributed by atoms with Crippen LogP contribution in [0.1, 0.15) is 21.5 Å². The zero-order chi connectivity index (χ0) is 14.9. The average molecular weight is 274 g/mol. The van der Waals surface area contributed by atoms with Gasteiger partial charge in [-0.25, -0.2) is 9.18 Å². The highest BCUT2D eigenvalue weighted by atomic mass is 19.1. The number of aryl methyl sites for hydroxylation is 2. The number of benzene rings is 2. The minimum Gasteiger partial charge on any atom is -0.496 e. The molecule has 0 unspecified atom stereocenters. The summed E-state index contributed by atoms with van der Waals surface area (Å²) >= 11 is 0. The van der Waals surface area contributed by atoms with Crippen LogP contribution in [0, 0.1) is 19.7 Å². The predicted molar refractivity (Wildman–Crippen MR) is 74.8 cm³/mol. The van der Waals surface area contributed by atoms with Gasteiger partial charge in [0.1, 0.15) is 11.6 Å². The number of aromatic carboxylic acids is 1. The topological polar surface area (TPSA) is 46.5 Å². The van der Waals surface area contributed by atoms with Crippen molar-refractivity contribution >= 4 is 5.97 Å². The van der Waals surface area contributed by atoms with Gasteiger partial charge < -0.3 is 9.84 Å². The largest absolute Gasteiger partial charge is 0.496 e. The van der Waals surface area contributed by atoms with Crippen molar-refractivity contribution in [2.24, 2.45) is 0 Å². The van der Waals surface area contributed by atoms with Crippen LogP contribution in [0.2, 0.25) is 0 Å². The summed E-state index contributed by atoms with van der Waals surface area (Å²) in [6.45, 7) is 3.60. The Balaban J connectivity index is 2.72. The number of carbonyl (C=O) groups is 1. The maximum Gasteiger partial charge on any atom is 0.335 e. The normalized spacial score (nSPS) is 10.4. The summed E-state index contributed by atoms with van der Waals surface area (Å²) in [6.07, 6.45) is 0. The van der Waals surface area contributed by atoms with Crippen LogP contribution in [-0.2, 0) is 0 Å². The van der Waals surface area contributed by atoms with Crippen LogP contribution in [0.25, 0.3) is 11.1 Å². The number of hydrogen-bond acceptors (Lipinski definition) is 2. The molecule has 0 saturated carbocycles. The summed E-state index contributed by atoms with van der Waals surface area (Å²) in [5, 5.41) is 9.20. The van der Waals surface area contributed by atoms with Crippen LogP contribution >= 0.6 is 0 Å². The lowest BCUT2D eigenvalue weighted by Crippen LogP contribution is -2.02. The highest BCUT2D eigenvalue weighted by Gasteiger charge is 2.15. The Hall–Kier alpha value is -2.36. The first-order valence-electron chi connectivity index (χ1n) is 6.12. The number of carboxylic acids is 1. The third kappa shape index (κ3) is 2.50. The van der Waals surface area contributed by atoms with Crippen LogP contribution < -0.4 is 4.74 Å². The second-order valence-corrected chi connectivity index (χ2v) is 4.63. The van der Waals surface area contributed by atoms with Crippen molar-refractivity contribution in [2.75, 3.05) is 7.11 Å². The van der Waals surface area contributed by atoms with E-state index in [2.05, 4.69) is 0 Å². The standard InChI is InChI=1S/C16H15FO3/c1-9-6-10(2)13(16(18)19)8-12(9)14-7-11(17)4-5-15(14)20-3/h4-8H,1-3H3,(H,18,19). The van der Waals surface area contributed by atoms with Crippen LogP contribution in [0.15, 0.2) is 30.3 Å². The molecule has 0 aliphatic rings. The lowest BCUT2D eigenvalue weighted by molar-refractivity contribution is 0.0696. The third-order valence-corrected chi connectivity index (χ3v) is 3.25. The monoisotopic (exact) mass is 274 g/mol. The summed E-state index contributed by atoms with van der Waals surface area (Å²) < 4.78 is 18.7. The van der Waals surface area contributed by atoms with Crippen molar-refractivity contribution in [2.45, 2.75) is 13.8 Å². The SMILES string of the molecule is COc1ccc(F)cc1-c1cc(C(=O)O)c(C)cc1C. The van der Waals surface area contributed by atoms with E-state index < -0.39 is 11.8 Å². The Labute approximate surface area is 116 Å². The third-order valence-electron chi connectivity index (χ3n) is 3.25. The molecule has 0 saturated heterocycles. The molecule has 20 heavy (non-hydrogen) atoms. The van der Waals surface area contributed by atoms with Gasteiger partial charge in [-0.05, 0) is 54.8 Å². The molecule has 104 valence electrons. The molecule has 0 spiro atoms. The maximum absolute atomic E-state index is 13.5. The van der Waals surface area contributed by atoms with E-state index in [0.29, 0.717) is 22.4 Å². The molecular weight excluding hydrogens is 259 g/mol. The van der Waals surface area contributed by atoms with E-state index in [1.807, 2.05) is 6.92 Å². The fourth-order valence-electron chi connectivity index (χ4n) is 2.26. The number of halogens is 1. The molecule has 2 aromatic carbocycles. The summed E-state index contributed by atoms with van der Waals surface area (Å²) in [4.78, 5) is 11.2. The van der Waals surface area contributed by atoms with Gasteiger partial charge in [-0.2, -0.15) is 0 Å². The van der Waals surface area contributed by atoms with Crippen molar-refractivity contribution < 1.29 is 19.0 Å². The van der Waals surface area contributed by atoms with Crippen molar-refractivity contribution in [1.29, 1.82) is 0 Å². The second-order valence-electron chi connectivity index (χ2n) is 4.63. The number of carboxylic acid groups (broad SMARTS) is 1. The Morgan fingerprint density at radius 1 is 1.10 bits per heavy atom. The van der Waals surface area contributed by atoms with E-state index in [1.165, 1.54) is 25.3 Å². The first-order valence-corrected chi connectivity index (χ1v) is 6.12. The second kappa shape index (κ2) is 5.33. The minimum absolute atomic E-state index is 0.205. The lowest BCUT2D eigenvalue weighted by atomic mass is 9.94. The summed E-state index contributed by atoms with van der Waals surface area (Å²) in [5.41, 5.74) is 2.96. The maximum atomic E-state index is 13.5. The van der Waals surface area contributed by atoms with Gasteiger partial charge in [0.05, 0.1) is 12.7 Å². The fraction of sp³-hybridized carbons (Fsp3) is 0.188.